The molecule has 1 aliphatic rings. The molecule has 0 radical (unpaired) electrons. The first kappa shape index (κ1) is 12.2. The Morgan fingerprint density at radius 3 is 2.89 bits per heavy atom. The van der Waals surface area contributed by atoms with Crippen LogP contribution in [0.5, 0.6) is 0 Å². The topological polar surface area (TPSA) is 38.1 Å². The minimum absolute atomic E-state index is 0.474. The van der Waals surface area contributed by atoms with Gasteiger partial charge in [-0.25, -0.2) is 4.98 Å². The van der Waals surface area contributed by atoms with Crippen molar-refractivity contribution in [3.05, 3.63) is 28.1 Å². The molecule has 3 nitrogen and oxygen atoms in total. The van der Waals surface area contributed by atoms with Gasteiger partial charge in [-0.3, -0.25) is 0 Å². The lowest BCUT2D eigenvalue weighted by atomic mass is 9.98. The summed E-state index contributed by atoms with van der Waals surface area (Å²) in [5, 5.41) is 3.37. The van der Waals surface area contributed by atoms with Gasteiger partial charge in [0.05, 0.1) is 0 Å². The molecule has 1 N–H and O–H groups in total. The highest BCUT2D eigenvalue weighted by molar-refractivity contribution is 9.10. The molecule has 0 bridgehead atoms. The highest BCUT2D eigenvalue weighted by Crippen LogP contribution is 2.31. The maximum Gasteiger partial charge on any atom is 0.198 e. The van der Waals surface area contributed by atoms with Gasteiger partial charge in [0.2, 0.25) is 0 Å². The second-order valence-corrected chi connectivity index (χ2v) is 5.76. The van der Waals surface area contributed by atoms with Crippen molar-refractivity contribution < 1.29 is 4.42 Å². The average molecular weight is 309 g/mol. The molecular weight excluding hydrogens is 292 g/mol. The molecule has 0 amide bonds. The molecule has 1 aromatic carbocycles. The maximum atomic E-state index is 6.02. The molecule has 1 saturated heterocycles. The molecule has 0 spiro atoms. The van der Waals surface area contributed by atoms with Crippen molar-refractivity contribution >= 4 is 27.0 Å². The first-order valence-corrected chi connectivity index (χ1v) is 7.37. The summed E-state index contributed by atoms with van der Waals surface area (Å²) in [5.41, 5.74) is 3.18. The van der Waals surface area contributed by atoms with Crippen molar-refractivity contribution in [3.63, 3.8) is 0 Å². The van der Waals surface area contributed by atoms with Crippen LogP contribution in [0.2, 0.25) is 0 Å². The SMILES string of the molecule is CCc1cc(Br)cc2nc(C3CCNCC3)oc12. The lowest BCUT2D eigenvalue weighted by Crippen LogP contribution is -2.26. The van der Waals surface area contributed by atoms with Crippen LogP contribution in [0, 0.1) is 0 Å². The number of hydrogen-bond donors (Lipinski definition) is 1. The smallest absolute Gasteiger partial charge is 0.198 e. The Bertz CT molecular complexity index is 558. The van der Waals surface area contributed by atoms with E-state index in [4.69, 9.17) is 4.42 Å². The quantitative estimate of drug-likeness (QED) is 0.921. The van der Waals surface area contributed by atoms with Gasteiger partial charge in [-0.1, -0.05) is 22.9 Å². The largest absolute Gasteiger partial charge is 0.440 e. The van der Waals surface area contributed by atoms with Gasteiger partial charge in [0.25, 0.3) is 0 Å². The highest BCUT2D eigenvalue weighted by Gasteiger charge is 2.21. The van der Waals surface area contributed by atoms with E-state index in [0.717, 1.165) is 53.8 Å². The number of nitrogens with one attached hydrogen (secondary N) is 1. The number of aromatic nitrogens is 1. The standard InChI is InChI=1S/C14H17BrN2O/c1-2-9-7-11(15)8-12-13(9)18-14(17-12)10-3-5-16-6-4-10/h7-8,10,16H,2-6H2,1H3. The Kier molecular flexibility index (Phi) is 3.39. The van der Waals surface area contributed by atoms with Gasteiger partial charge < -0.3 is 9.73 Å². The van der Waals surface area contributed by atoms with Crippen molar-refractivity contribution in [2.75, 3.05) is 13.1 Å². The van der Waals surface area contributed by atoms with E-state index in [1.54, 1.807) is 0 Å². The molecule has 2 heterocycles. The molecule has 18 heavy (non-hydrogen) atoms. The van der Waals surface area contributed by atoms with Crippen LogP contribution in [0.3, 0.4) is 0 Å². The Balaban J connectivity index is 2.04. The van der Waals surface area contributed by atoms with Crippen LogP contribution in [0.15, 0.2) is 21.0 Å². The predicted molar refractivity (Wildman–Crippen MR) is 75.9 cm³/mol. The summed E-state index contributed by atoms with van der Waals surface area (Å²) in [5.74, 6) is 1.39. The number of benzene rings is 1. The van der Waals surface area contributed by atoms with Crippen molar-refractivity contribution in [1.29, 1.82) is 0 Å². The highest BCUT2D eigenvalue weighted by atomic mass is 79.9. The van der Waals surface area contributed by atoms with Crippen molar-refractivity contribution in [2.24, 2.45) is 0 Å². The minimum Gasteiger partial charge on any atom is -0.440 e. The first-order chi connectivity index (χ1) is 8.78. The van der Waals surface area contributed by atoms with E-state index in [1.165, 1.54) is 5.56 Å². The van der Waals surface area contributed by atoms with Gasteiger partial charge in [0, 0.05) is 10.4 Å². The second kappa shape index (κ2) is 5.02. The fourth-order valence-electron chi connectivity index (χ4n) is 2.59. The summed E-state index contributed by atoms with van der Waals surface area (Å²) in [4.78, 5) is 4.68. The summed E-state index contributed by atoms with van der Waals surface area (Å²) in [6.45, 7) is 4.27. The Morgan fingerprint density at radius 2 is 2.17 bits per heavy atom. The number of halogens is 1. The summed E-state index contributed by atoms with van der Waals surface area (Å²) in [6, 6.07) is 4.17. The number of aryl methyl sites for hydroxylation is 1. The normalized spacial score (nSPS) is 17.4. The zero-order chi connectivity index (χ0) is 12.5. The molecule has 0 atom stereocenters. The number of piperidine rings is 1. The lowest BCUT2D eigenvalue weighted by molar-refractivity contribution is 0.385. The lowest BCUT2D eigenvalue weighted by Gasteiger charge is -2.19. The third-order valence-corrected chi connectivity index (χ3v) is 4.08. The Morgan fingerprint density at radius 1 is 1.39 bits per heavy atom. The van der Waals surface area contributed by atoms with Crippen LogP contribution in [0.25, 0.3) is 11.1 Å². The maximum absolute atomic E-state index is 6.02. The van der Waals surface area contributed by atoms with Crippen molar-refractivity contribution in [2.45, 2.75) is 32.1 Å². The molecule has 4 heteroatoms. The molecule has 1 fully saturated rings. The second-order valence-electron chi connectivity index (χ2n) is 4.84. The molecule has 3 rings (SSSR count). The number of nitrogens with zero attached hydrogens (tertiary/aromatic N) is 1. The monoisotopic (exact) mass is 308 g/mol. The predicted octanol–water partition coefficient (Wildman–Crippen LogP) is 3.62. The third-order valence-electron chi connectivity index (χ3n) is 3.62. The Hall–Kier alpha value is -0.870. The van der Waals surface area contributed by atoms with Crippen LogP contribution in [-0.2, 0) is 6.42 Å². The van der Waals surface area contributed by atoms with E-state index in [9.17, 15) is 0 Å². The van der Waals surface area contributed by atoms with Crippen LogP contribution < -0.4 is 5.32 Å². The molecule has 2 aromatic rings. The van der Waals surface area contributed by atoms with Gasteiger partial charge in [0.1, 0.15) is 5.52 Å². The number of rotatable bonds is 2. The zero-order valence-electron chi connectivity index (χ0n) is 10.5. The molecule has 0 saturated carbocycles. The minimum atomic E-state index is 0.474. The first-order valence-electron chi connectivity index (χ1n) is 6.57. The number of hydrogen-bond acceptors (Lipinski definition) is 3. The summed E-state index contributed by atoms with van der Waals surface area (Å²) in [6.07, 6.45) is 3.21. The molecule has 0 aliphatic carbocycles. The van der Waals surface area contributed by atoms with E-state index in [2.05, 4.69) is 39.2 Å². The van der Waals surface area contributed by atoms with E-state index >= 15 is 0 Å². The van der Waals surface area contributed by atoms with E-state index < -0.39 is 0 Å². The number of oxazole rings is 1. The van der Waals surface area contributed by atoms with Crippen LogP contribution >= 0.6 is 15.9 Å². The molecule has 96 valence electrons. The van der Waals surface area contributed by atoms with Crippen LogP contribution in [0.1, 0.15) is 37.1 Å². The van der Waals surface area contributed by atoms with Gasteiger partial charge in [-0.05, 0) is 50.0 Å². The van der Waals surface area contributed by atoms with E-state index in [0.29, 0.717) is 5.92 Å². The number of fused-ring (bicyclic) bond motifs is 1. The average Bonchev–Trinajstić information content (AvgIpc) is 2.82. The van der Waals surface area contributed by atoms with E-state index in [-0.39, 0.29) is 0 Å². The fourth-order valence-corrected chi connectivity index (χ4v) is 3.08. The summed E-state index contributed by atoms with van der Waals surface area (Å²) >= 11 is 3.54. The summed E-state index contributed by atoms with van der Waals surface area (Å²) in [7, 11) is 0. The third kappa shape index (κ3) is 2.19. The molecular formula is C14H17BrN2O. The molecule has 1 aliphatic heterocycles. The summed E-state index contributed by atoms with van der Waals surface area (Å²) < 4.78 is 7.11. The zero-order valence-corrected chi connectivity index (χ0v) is 12.1. The van der Waals surface area contributed by atoms with Crippen molar-refractivity contribution in [1.82, 2.24) is 10.3 Å². The van der Waals surface area contributed by atoms with Crippen LogP contribution in [0.4, 0.5) is 0 Å². The Labute approximate surface area is 115 Å². The molecule has 1 aromatic heterocycles. The van der Waals surface area contributed by atoms with Gasteiger partial charge in [-0.15, -0.1) is 0 Å². The molecule has 0 unspecified atom stereocenters. The van der Waals surface area contributed by atoms with E-state index in [1.807, 2.05) is 6.07 Å². The van der Waals surface area contributed by atoms with Gasteiger partial charge in [-0.2, -0.15) is 0 Å². The fraction of sp³-hybridized carbons (Fsp3) is 0.500. The van der Waals surface area contributed by atoms with Gasteiger partial charge >= 0.3 is 0 Å². The van der Waals surface area contributed by atoms with Crippen molar-refractivity contribution in [3.8, 4) is 0 Å². The van der Waals surface area contributed by atoms with Gasteiger partial charge in [0.15, 0.2) is 11.5 Å². The van der Waals surface area contributed by atoms with Crippen LogP contribution in [-0.4, -0.2) is 18.1 Å².